The van der Waals surface area contributed by atoms with Crippen LogP contribution in [0.2, 0.25) is 0 Å². The van der Waals surface area contributed by atoms with Gasteiger partial charge in [-0.25, -0.2) is 18.4 Å². The van der Waals surface area contributed by atoms with Gasteiger partial charge in [0.05, 0.1) is 6.61 Å². The van der Waals surface area contributed by atoms with Gasteiger partial charge >= 0.3 is 11.6 Å². The number of nitrogens with one attached hydrogen (secondary N) is 1. The molecule has 0 bridgehead atoms. The summed E-state index contributed by atoms with van der Waals surface area (Å²) >= 11 is 0. The van der Waals surface area contributed by atoms with Crippen LogP contribution in [-0.2, 0) is 17.6 Å². The van der Waals surface area contributed by atoms with Crippen LogP contribution < -0.4 is 11.2 Å². The van der Waals surface area contributed by atoms with E-state index in [1.165, 1.54) is 6.07 Å². The number of nitrogens with zero attached hydrogens (tertiary/aromatic N) is 2. The second-order valence-electron chi connectivity index (χ2n) is 5.78. The number of aromatic nitrogens is 3. The molecule has 0 aliphatic heterocycles. The van der Waals surface area contributed by atoms with Crippen molar-refractivity contribution in [2.24, 2.45) is 0 Å². The summed E-state index contributed by atoms with van der Waals surface area (Å²) in [4.78, 5) is 40.9. The van der Waals surface area contributed by atoms with E-state index in [9.17, 15) is 23.2 Å². The van der Waals surface area contributed by atoms with E-state index in [0.717, 1.165) is 6.07 Å². The van der Waals surface area contributed by atoms with Crippen molar-refractivity contribution < 1.29 is 27.3 Å². The summed E-state index contributed by atoms with van der Waals surface area (Å²) < 4.78 is 40.2. The topological polar surface area (TPSA) is 128 Å². The van der Waals surface area contributed by atoms with Gasteiger partial charge in [0.25, 0.3) is 12.0 Å². The summed E-state index contributed by atoms with van der Waals surface area (Å²) in [7, 11) is 0. The molecule has 0 saturated heterocycles. The molecule has 0 aliphatic carbocycles. The zero-order valence-electron chi connectivity index (χ0n) is 14.7. The summed E-state index contributed by atoms with van der Waals surface area (Å²) in [5, 5.41) is 3.55. The van der Waals surface area contributed by atoms with Crippen molar-refractivity contribution in [1.29, 1.82) is 0 Å². The highest BCUT2D eigenvalue weighted by molar-refractivity contribution is 5.87. The first kappa shape index (κ1) is 19.4. The molecule has 0 spiro atoms. The third kappa shape index (κ3) is 4.13. The molecule has 3 aromatic rings. The lowest BCUT2D eigenvalue weighted by molar-refractivity contribution is 0.0514. The van der Waals surface area contributed by atoms with Crippen LogP contribution in [0.3, 0.4) is 0 Å². The lowest BCUT2D eigenvalue weighted by Gasteiger charge is -2.05. The first-order chi connectivity index (χ1) is 13.4. The molecule has 0 unspecified atom stereocenters. The fourth-order valence-electron chi connectivity index (χ4n) is 2.65. The number of alkyl halides is 2. The van der Waals surface area contributed by atoms with Gasteiger partial charge in [-0.1, -0.05) is 5.16 Å². The smallest absolute Gasteiger partial charge is 0.360 e. The normalized spacial score (nSPS) is 11.3. The number of hydrogen-bond donors (Lipinski definition) is 1. The number of carbonyl (C=O) groups excluding carboxylic acids is 1. The predicted molar refractivity (Wildman–Crippen MR) is 90.3 cm³/mol. The molecular formula is C17H15F2N3O6. The number of aryl methyl sites for hydroxylation is 2. The van der Waals surface area contributed by atoms with Crippen molar-refractivity contribution in [2.45, 2.75) is 32.6 Å². The molecule has 0 fully saturated rings. The molecule has 0 aliphatic rings. The maximum Gasteiger partial charge on any atom is 0.360 e. The Balaban J connectivity index is 1.79. The van der Waals surface area contributed by atoms with Gasteiger partial charge in [-0.3, -0.25) is 4.79 Å². The maximum atomic E-state index is 12.8. The minimum absolute atomic E-state index is 0.0443. The Hall–Kier alpha value is -3.37. The van der Waals surface area contributed by atoms with Crippen LogP contribution in [0, 0.1) is 0 Å². The largest absolute Gasteiger partial charge is 0.461 e. The lowest BCUT2D eigenvalue weighted by atomic mass is 10.1. The van der Waals surface area contributed by atoms with Gasteiger partial charge in [0.2, 0.25) is 5.71 Å². The highest BCUT2D eigenvalue weighted by atomic mass is 19.3. The summed E-state index contributed by atoms with van der Waals surface area (Å²) in [5.41, 5.74) is -1.70. The fraction of sp³-hybridized carbons (Fsp3) is 0.353. The summed E-state index contributed by atoms with van der Waals surface area (Å²) in [6, 6.07) is 2.56. The Kier molecular flexibility index (Phi) is 5.62. The van der Waals surface area contributed by atoms with Crippen molar-refractivity contribution in [3.05, 3.63) is 55.7 Å². The quantitative estimate of drug-likeness (QED) is 0.603. The number of fused-ring (bicyclic) bond motifs is 1. The van der Waals surface area contributed by atoms with Crippen LogP contribution in [0.5, 0.6) is 0 Å². The molecule has 3 rings (SSSR count). The van der Waals surface area contributed by atoms with E-state index in [1.54, 1.807) is 6.92 Å². The molecule has 0 radical (unpaired) electrons. The van der Waals surface area contributed by atoms with Crippen molar-refractivity contribution in [2.75, 3.05) is 6.61 Å². The molecule has 9 nitrogen and oxygen atoms in total. The van der Waals surface area contributed by atoms with E-state index in [1.807, 2.05) is 4.98 Å². The Labute approximate surface area is 155 Å². The van der Waals surface area contributed by atoms with Gasteiger partial charge in [-0.05, 0) is 25.3 Å². The molecule has 0 aromatic carbocycles. The minimum atomic E-state index is -3.01. The zero-order chi connectivity index (χ0) is 20.3. The van der Waals surface area contributed by atoms with Crippen molar-refractivity contribution >= 4 is 17.1 Å². The minimum Gasteiger partial charge on any atom is -0.461 e. The Morgan fingerprint density at radius 2 is 2.07 bits per heavy atom. The van der Waals surface area contributed by atoms with E-state index in [-0.39, 0.29) is 24.1 Å². The van der Waals surface area contributed by atoms with Crippen LogP contribution in [0.4, 0.5) is 8.78 Å². The van der Waals surface area contributed by atoms with Crippen LogP contribution >= 0.6 is 0 Å². The molecule has 0 amide bonds. The highest BCUT2D eigenvalue weighted by Crippen LogP contribution is 2.18. The Morgan fingerprint density at radius 1 is 1.29 bits per heavy atom. The first-order valence-electron chi connectivity index (χ1n) is 8.36. The average molecular weight is 395 g/mol. The Bertz CT molecular complexity index is 1120. The van der Waals surface area contributed by atoms with Crippen LogP contribution in [0.25, 0.3) is 11.1 Å². The third-order valence-corrected chi connectivity index (χ3v) is 3.83. The summed E-state index contributed by atoms with van der Waals surface area (Å²) in [5.74, 6) is -1.05. The fourth-order valence-corrected chi connectivity index (χ4v) is 2.65. The second-order valence-corrected chi connectivity index (χ2v) is 5.78. The molecule has 3 heterocycles. The van der Waals surface area contributed by atoms with Crippen molar-refractivity contribution in [1.82, 2.24) is 15.1 Å². The number of rotatable bonds is 7. The Morgan fingerprint density at radius 3 is 2.79 bits per heavy atom. The molecule has 148 valence electrons. The molecule has 0 atom stereocenters. The monoisotopic (exact) mass is 395 g/mol. The SMILES string of the molecule is CCOC(=O)c1cc(CCCc2cc(=O)oc3nc(C(F)F)[nH]c(=O)c23)on1. The van der Waals surface area contributed by atoms with Gasteiger partial charge in [-0.15, -0.1) is 0 Å². The van der Waals surface area contributed by atoms with E-state index < -0.39 is 35.1 Å². The third-order valence-electron chi connectivity index (χ3n) is 3.83. The molecular weight excluding hydrogens is 380 g/mol. The van der Waals surface area contributed by atoms with Gasteiger partial charge in [0.15, 0.2) is 11.5 Å². The van der Waals surface area contributed by atoms with E-state index in [2.05, 4.69) is 10.1 Å². The van der Waals surface area contributed by atoms with Crippen molar-refractivity contribution in [3.8, 4) is 0 Å². The average Bonchev–Trinajstić information content (AvgIpc) is 3.10. The van der Waals surface area contributed by atoms with E-state index in [0.29, 0.717) is 24.2 Å². The molecule has 1 N–H and O–H groups in total. The molecule has 11 heteroatoms. The van der Waals surface area contributed by atoms with Gasteiger partial charge in [0.1, 0.15) is 11.1 Å². The molecule has 0 saturated carbocycles. The van der Waals surface area contributed by atoms with Crippen LogP contribution in [0.1, 0.15) is 47.4 Å². The number of hydrogen-bond acceptors (Lipinski definition) is 8. The standard InChI is InChI=1S/C17H15F2N3O6/c1-2-26-17(25)10-7-9(28-22-10)5-3-4-8-6-11(23)27-16-12(8)15(24)20-14(21-16)13(18)19/h6-7,13H,2-5H2,1H3,(H,20,21,24). The molecule has 3 aromatic heterocycles. The summed E-state index contributed by atoms with van der Waals surface area (Å²) in [6.45, 7) is 1.88. The number of esters is 1. The van der Waals surface area contributed by atoms with E-state index in [4.69, 9.17) is 13.7 Å². The van der Waals surface area contributed by atoms with Crippen LogP contribution in [-0.4, -0.2) is 27.7 Å². The molecule has 28 heavy (non-hydrogen) atoms. The van der Waals surface area contributed by atoms with Crippen LogP contribution in [0.15, 0.2) is 30.7 Å². The van der Waals surface area contributed by atoms with Crippen molar-refractivity contribution in [3.63, 3.8) is 0 Å². The number of halogens is 2. The zero-order valence-corrected chi connectivity index (χ0v) is 14.7. The predicted octanol–water partition coefficient (Wildman–Crippen LogP) is 2.15. The lowest BCUT2D eigenvalue weighted by Crippen LogP contribution is -2.16. The van der Waals surface area contributed by atoms with E-state index >= 15 is 0 Å². The summed E-state index contributed by atoms with van der Waals surface area (Å²) in [6.07, 6.45) is -1.98. The number of carbonyl (C=O) groups is 1. The maximum absolute atomic E-state index is 12.8. The highest BCUT2D eigenvalue weighted by Gasteiger charge is 2.18. The number of ether oxygens (including phenoxy) is 1. The second kappa shape index (κ2) is 8.11. The number of H-pyrrole nitrogens is 1. The first-order valence-corrected chi connectivity index (χ1v) is 8.36. The van der Waals surface area contributed by atoms with Gasteiger partial charge in [-0.2, -0.15) is 4.98 Å². The van der Waals surface area contributed by atoms with Gasteiger partial charge < -0.3 is 18.7 Å². The number of aromatic amines is 1. The van der Waals surface area contributed by atoms with Gasteiger partial charge in [0, 0.05) is 18.6 Å².